The average molecular weight is 365 g/mol. The number of methoxy groups -OCH3 is 1. The zero-order valence-electron chi connectivity index (χ0n) is 15.0. The van der Waals surface area contributed by atoms with E-state index in [4.69, 9.17) is 9.47 Å². The molecule has 0 bridgehead atoms. The van der Waals surface area contributed by atoms with Crippen LogP contribution in [0.1, 0.15) is 37.4 Å². The first kappa shape index (κ1) is 19.0. The molecule has 0 aliphatic carbocycles. The quantitative estimate of drug-likeness (QED) is 0.789. The van der Waals surface area contributed by atoms with Gasteiger partial charge in [-0.25, -0.2) is 9.59 Å². The Labute approximate surface area is 150 Å². The fourth-order valence-electron chi connectivity index (χ4n) is 2.14. The van der Waals surface area contributed by atoms with E-state index in [1.54, 1.807) is 27.0 Å². The van der Waals surface area contributed by atoms with Crippen molar-refractivity contribution in [2.45, 2.75) is 39.3 Å². The van der Waals surface area contributed by atoms with Gasteiger partial charge in [0.25, 0.3) is 0 Å². The number of hydrogen-bond acceptors (Lipinski definition) is 7. The van der Waals surface area contributed by atoms with Crippen LogP contribution in [0.4, 0.5) is 10.5 Å². The van der Waals surface area contributed by atoms with E-state index in [1.165, 1.54) is 18.4 Å². The molecule has 136 valence electrons. The Hall–Kier alpha value is -2.35. The minimum atomic E-state index is -0.553. The summed E-state index contributed by atoms with van der Waals surface area (Å²) >= 11 is 1.32. The maximum Gasteiger partial charge on any atom is 0.407 e. The molecule has 1 amide bonds. The van der Waals surface area contributed by atoms with E-state index in [9.17, 15) is 9.59 Å². The van der Waals surface area contributed by atoms with Gasteiger partial charge >= 0.3 is 12.1 Å². The molecule has 2 aromatic rings. The molecule has 0 aliphatic rings. The summed E-state index contributed by atoms with van der Waals surface area (Å²) < 4.78 is 11.0. The summed E-state index contributed by atoms with van der Waals surface area (Å²) in [6.45, 7) is 7.67. The van der Waals surface area contributed by atoms with Crippen LogP contribution in [-0.4, -0.2) is 42.3 Å². The first-order valence-electron chi connectivity index (χ1n) is 7.90. The van der Waals surface area contributed by atoms with Gasteiger partial charge in [0.2, 0.25) is 0 Å². The molecular weight excluding hydrogens is 342 g/mol. The molecule has 0 fully saturated rings. The number of ether oxygens (including phenoxy) is 2. The van der Waals surface area contributed by atoms with Gasteiger partial charge in [-0.2, -0.15) is 0 Å². The average Bonchev–Trinajstić information content (AvgIpc) is 2.88. The fraction of sp³-hybridized carbons (Fsp3) is 0.471. The molecule has 8 heteroatoms. The highest BCUT2D eigenvalue weighted by molar-refractivity contribution is 7.21. The summed E-state index contributed by atoms with van der Waals surface area (Å²) in [6.07, 6.45) is 1.19. The molecule has 2 aromatic heterocycles. The minimum absolute atomic E-state index is 0.209. The number of nitrogens with one attached hydrogen (secondary N) is 2. The topological polar surface area (TPSA) is 89.5 Å². The normalized spacial score (nSPS) is 12.5. The number of anilines is 1. The first-order chi connectivity index (χ1) is 11.7. The Morgan fingerprint density at radius 2 is 2.08 bits per heavy atom. The van der Waals surface area contributed by atoms with E-state index in [1.807, 2.05) is 19.1 Å². The summed E-state index contributed by atoms with van der Waals surface area (Å²) in [5.74, 6) is -0.418. The number of hydrogen-bond donors (Lipinski definition) is 2. The molecule has 0 unspecified atom stereocenters. The summed E-state index contributed by atoms with van der Waals surface area (Å²) in [5.41, 5.74) is 0.769. The number of pyridine rings is 1. The van der Waals surface area contributed by atoms with Crippen molar-refractivity contribution >= 4 is 39.3 Å². The molecule has 0 saturated heterocycles. The predicted octanol–water partition coefficient (Wildman–Crippen LogP) is 3.41. The van der Waals surface area contributed by atoms with Crippen molar-refractivity contribution in [3.05, 3.63) is 23.2 Å². The van der Waals surface area contributed by atoms with Crippen molar-refractivity contribution in [2.75, 3.05) is 19.0 Å². The second-order valence-electron chi connectivity index (χ2n) is 6.58. The molecule has 0 aliphatic heterocycles. The van der Waals surface area contributed by atoms with Crippen LogP contribution in [0, 0.1) is 0 Å². The summed E-state index contributed by atoms with van der Waals surface area (Å²) in [7, 11) is 1.34. The van der Waals surface area contributed by atoms with Gasteiger partial charge in [0, 0.05) is 18.8 Å². The van der Waals surface area contributed by atoms with Crippen molar-refractivity contribution in [2.24, 2.45) is 0 Å². The largest absolute Gasteiger partial charge is 0.465 e. The lowest BCUT2D eigenvalue weighted by Crippen LogP contribution is -2.40. The number of rotatable bonds is 5. The number of amides is 1. The number of carbonyl (C=O) groups excluding carboxylic acids is 2. The van der Waals surface area contributed by atoms with Gasteiger partial charge in [0.05, 0.1) is 17.5 Å². The smallest absolute Gasteiger partial charge is 0.407 e. The molecule has 0 spiro atoms. The van der Waals surface area contributed by atoms with Crippen LogP contribution >= 0.6 is 11.3 Å². The third kappa shape index (κ3) is 5.06. The standard InChI is InChI=1S/C17H23N3O4S/c1-10(20-16(22)24-17(2,3)4)9-19-13-12-11(7-6-8-18-12)25-14(13)15(21)23-5/h6-8,10,19H,9H2,1-5H3,(H,20,22)/t10-/m0/s1. The Bertz CT molecular complexity index is 767. The number of nitrogens with zero attached hydrogens (tertiary/aromatic N) is 1. The maximum atomic E-state index is 12.0. The van der Waals surface area contributed by atoms with E-state index in [0.717, 1.165) is 4.70 Å². The van der Waals surface area contributed by atoms with Gasteiger partial charge in [0.15, 0.2) is 0 Å². The van der Waals surface area contributed by atoms with Crippen LogP contribution in [0.15, 0.2) is 18.3 Å². The second-order valence-corrected chi connectivity index (χ2v) is 7.63. The number of carbonyl (C=O) groups is 2. The highest BCUT2D eigenvalue weighted by atomic mass is 32.1. The van der Waals surface area contributed by atoms with Crippen LogP contribution in [0.3, 0.4) is 0 Å². The predicted molar refractivity (Wildman–Crippen MR) is 98.3 cm³/mol. The number of aromatic nitrogens is 1. The Balaban J connectivity index is 2.09. The molecule has 2 rings (SSSR count). The maximum absolute atomic E-state index is 12.0. The van der Waals surface area contributed by atoms with Crippen molar-refractivity contribution in [3.8, 4) is 0 Å². The fourth-order valence-corrected chi connectivity index (χ4v) is 3.20. The Morgan fingerprint density at radius 3 is 2.72 bits per heavy atom. The molecule has 7 nitrogen and oxygen atoms in total. The molecule has 0 radical (unpaired) electrons. The van der Waals surface area contributed by atoms with Crippen LogP contribution in [0.2, 0.25) is 0 Å². The van der Waals surface area contributed by atoms with Crippen LogP contribution in [-0.2, 0) is 9.47 Å². The second kappa shape index (κ2) is 7.69. The van der Waals surface area contributed by atoms with Gasteiger partial charge in [-0.05, 0) is 39.8 Å². The van der Waals surface area contributed by atoms with E-state index < -0.39 is 17.7 Å². The van der Waals surface area contributed by atoms with Gasteiger partial charge in [0.1, 0.15) is 16.0 Å². The van der Waals surface area contributed by atoms with Gasteiger partial charge in [-0.3, -0.25) is 4.98 Å². The number of esters is 1. The molecule has 1 atom stereocenters. The summed E-state index contributed by atoms with van der Waals surface area (Å²) in [5, 5.41) is 5.95. The third-order valence-electron chi connectivity index (χ3n) is 3.17. The molecule has 2 heterocycles. The van der Waals surface area contributed by atoms with Crippen LogP contribution < -0.4 is 10.6 Å². The molecular formula is C17H23N3O4S. The zero-order valence-corrected chi connectivity index (χ0v) is 15.8. The van der Waals surface area contributed by atoms with E-state index in [0.29, 0.717) is 22.6 Å². The number of fused-ring (bicyclic) bond motifs is 1. The number of thiophene rings is 1. The lowest BCUT2D eigenvalue weighted by atomic mass is 10.2. The highest BCUT2D eigenvalue weighted by Crippen LogP contribution is 2.34. The lowest BCUT2D eigenvalue weighted by Gasteiger charge is -2.22. The summed E-state index contributed by atoms with van der Waals surface area (Å²) in [6, 6.07) is 3.50. The van der Waals surface area contributed by atoms with Gasteiger partial charge < -0.3 is 20.1 Å². The van der Waals surface area contributed by atoms with Crippen molar-refractivity contribution < 1.29 is 19.1 Å². The zero-order chi connectivity index (χ0) is 18.6. The first-order valence-corrected chi connectivity index (χ1v) is 8.72. The van der Waals surface area contributed by atoms with E-state index in [-0.39, 0.29) is 6.04 Å². The molecule has 2 N–H and O–H groups in total. The molecule has 0 aromatic carbocycles. The third-order valence-corrected chi connectivity index (χ3v) is 4.29. The Morgan fingerprint density at radius 1 is 1.36 bits per heavy atom. The van der Waals surface area contributed by atoms with Crippen molar-refractivity contribution in [1.82, 2.24) is 10.3 Å². The van der Waals surface area contributed by atoms with Crippen LogP contribution in [0.5, 0.6) is 0 Å². The number of alkyl carbamates (subject to hydrolysis) is 1. The van der Waals surface area contributed by atoms with Crippen LogP contribution in [0.25, 0.3) is 10.2 Å². The van der Waals surface area contributed by atoms with Gasteiger partial charge in [-0.1, -0.05) is 0 Å². The summed E-state index contributed by atoms with van der Waals surface area (Å²) in [4.78, 5) is 28.6. The van der Waals surface area contributed by atoms with Crippen molar-refractivity contribution in [1.29, 1.82) is 0 Å². The minimum Gasteiger partial charge on any atom is -0.465 e. The van der Waals surface area contributed by atoms with Gasteiger partial charge in [-0.15, -0.1) is 11.3 Å². The van der Waals surface area contributed by atoms with E-state index >= 15 is 0 Å². The lowest BCUT2D eigenvalue weighted by molar-refractivity contribution is 0.0509. The van der Waals surface area contributed by atoms with E-state index in [2.05, 4.69) is 15.6 Å². The monoisotopic (exact) mass is 365 g/mol. The van der Waals surface area contributed by atoms with Crippen molar-refractivity contribution in [3.63, 3.8) is 0 Å². The molecule has 25 heavy (non-hydrogen) atoms. The Kier molecular flexibility index (Phi) is 5.84. The molecule has 0 saturated carbocycles. The SMILES string of the molecule is COC(=O)c1sc2cccnc2c1NC[C@H](C)NC(=O)OC(C)(C)C. The highest BCUT2D eigenvalue weighted by Gasteiger charge is 2.21.